The van der Waals surface area contributed by atoms with Crippen molar-refractivity contribution in [2.75, 3.05) is 23.4 Å². The lowest BCUT2D eigenvalue weighted by molar-refractivity contribution is -0.123. The van der Waals surface area contributed by atoms with Gasteiger partial charge in [-0.3, -0.25) is 14.5 Å². The number of halogens is 1. The van der Waals surface area contributed by atoms with Crippen LogP contribution < -0.4 is 15.0 Å². The van der Waals surface area contributed by atoms with E-state index in [0.717, 1.165) is 10.0 Å². The Morgan fingerprint density at radius 1 is 1.39 bits per heavy atom. The Morgan fingerprint density at radius 3 is 3.00 bits per heavy atom. The fourth-order valence-electron chi connectivity index (χ4n) is 2.28. The Morgan fingerprint density at radius 2 is 2.22 bits per heavy atom. The maximum absolute atomic E-state index is 12.2. The number of hydrogen-bond acceptors (Lipinski definition) is 4. The van der Waals surface area contributed by atoms with Gasteiger partial charge in [0.1, 0.15) is 18.1 Å². The summed E-state index contributed by atoms with van der Waals surface area (Å²) in [6, 6.07) is 8.93. The minimum Gasteiger partial charge on any atom is -0.482 e. The molecule has 0 saturated carbocycles. The highest BCUT2D eigenvalue weighted by Crippen LogP contribution is 2.34. The van der Waals surface area contributed by atoms with Crippen LogP contribution in [0.1, 0.15) is 5.56 Å². The van der Waals surface area contributed by atoms with Crippen molar-refractivity contribution >= 4 is 39.2 Å². The van der Waals surface area contributed by atoms with Crippen LogP contribution in [-0.2, 0) is 9.59 Å². The molecule has 1 aliphatic rings. The largest absolute Gasteiger partial charge is 0.482 e. The predicted octanol–water partition coefficient (Wildman–Crippen LogP) is 2.52. The first-order chi connectivity index (χ1) is 11.0. The molecule has 6 nitrogen and oxygen atoms in total. The second kappa shape index (κ2) is 6.37. The molecule has 1 aliphatic heterocycles. The van der Waals surface area contributed by atoms with Crippen molar-refractivity contribution in [1.82, 2.24) is 4.98 Å². The van der Waals surface area contributed by atoms with Gasteiger partial charge in [-0.15, -0.1) is 0 Å². The van der Waals surface area contributed by atoms with Gasteiger partial charge in [-0.2, -0.15) is 0 Å². The van der Waals surface area contributed by atoms with Gasteiger partial charge in [0.15, 0.2) is 6.61 Å². The first-order valence-corrected chi connectivity index (χ1v) is 7.77. The van der Waals surface area contributed by atoms with Crippen LogP contribution in [0, 0.1) is 6.92 Å². The van der Waals surface area contributed by atoms with Crippen molar-refractivity contribution < 1.29 is 14.3 Å². The van der Waals surface area contributed by atoms with E-state index < -0.39 is 0 Å². The van der Waals surface area contributed by atoms with E-state index >= 15 is 0 Å². The molecule has 1 aromatic carbocycles. The number of rotatable bonds is 3. The van der Waals surface area contributed by atoms with E-state index in [-0.39, 0.29) is 25.0 Å². The molecule has 2 aromatic rings. The van der Waals surface area contributed by atoms with Crippen LogP contribution in [0.4, 0.5) is 11.5 Å². The summed E-state index contributed by atoms with van der Waals surface area (Å²) in [5, 5.41) is 2.70. The number of pyridine rings is 1. The Bertz CT molecular complexity index is 779. The number of amides is 2. The monoisotopic (exact) mass is 375 g/mol. The highest BCUT2D eigenvalue weighted by Gasteiger charge is 2.27. The van der Waals surface area contributed by atoms with E-state index in [0.29, 0.717) is 17.3 Å². The molecule has 0 radical (unpaired) electrons. The Kier molecular flexibility index (Phi) is 4.29. The van der Waals surface area contributed by atoms with Gasteiger partial charge in [0.05, 0.1) is 5.69 Å². The van der Waals surface area contributed by atoms with Crippen molar-refractivity contribution in [3.63, 3.8) is 0 Å². The number of anilines is 2. The van der Waals surface area contributed by atoms with Crippen LogP contribution in [0.3, 0.4) is 0 Å². The molecule has 0 atom stereocenters. The van der Waals surface area contributed by atoms with Crippen molar-refractivity contribution in [2.24, 2.45) is 0 Å². The smallest absolute Gasteiger partial charge is 0.265 e. The van der Waals surface area contributed by atoms with E-state index in [2.05, 4.69) is 26.2 Å². The third kappa shape index (κ3) is 3.50. The molecule has 0 saturated heterocycles. The average Bonchev–Trinajstić information content (AvgIpc) is 2.50. The zero-order chi connectivity index (χ0) is 16.4. The maximum atomic E-state index is 12.2. The standard InChI is InChI=1S/C16H14BrN3O3/c1-10-4-5-18-14(6-10)19-15(21)8-20-12-3-2-11(17)7-13(12)23-9-16(20)22/h2-7H,8-9H2,1H3,(H,18,19,21). The molecule has 0 bridgehead atoms. The normalized spacial score (nSPS) is 13.3. The third-order valence-electron chi connectivity index (χ3n) is 3.35. The van der Waals surface area contributed by atoms with E-state index in [1.807, 2.05) is 13.0 Å². The zero-order valence-corrected chi connectivity index (χ0v) is 14.0. The summed E-state index contributed by atoms with van der Waals surface area (Å²) in [6.45, 7) is 1.74. The summed E-state index contributed by atoms with van der Waals surface area (Å²) in [4.78, 5) is 29.8. The molecule has 3 rings (SSSR count). The van der Waals surface area contributed by atoms with Gasteiger partial charge in [0.2, 0.25) is 5.91 Å². The molecule has 2 amide bonds. The lowest BCUT2D eigenvalue weighted by atomic mass is 10.2. The van der Waals surface area contributed by atoms with E-state index in [1.165, 1.54) is 4.90 Å². The number of nitrogens with zero attached hydrogens (tertiary/aromatic N) is 2. The summed E-state index contributed by atoms with van der Waals surface area (Å²) in [7, 11) is 0. The number of aryl methyl sites for hydroxylation is 1. The minimum atomic E-state index is -0.313. The predicted molar refractivity (Wildman–Crippen MR) is 89.6 cm³/mol. The molecule has 1 N–H and O–H groups in total. The molecular weight excluding hydrogens is 362 g/mol. The summed E-state index contributed by atoms with van der Waals surface area (Å²) in [6.07, 6.45) is 1.62. The van der Waals surface area contributed by atoms with Gasteiger partial charge in [-0.1, -0.05) is 15.9 Å². The fraction of sp³-hybridized carbons (Fsp3) is 0.188. The number of carbonyl (C=O) groups is 2. The number of hydrogen-bond donors (Lipinski definition) is 1. The molecule has 118 valence electrons. The Labute approximate surface area is 141 Å². The second-order valence-corrected chi connectivity index (χ2v) is 6.06. The quantitative estimate of drug-likeness (QED) is 0.894. The first kappa shape index (κ1) is 15.5. The van der Waals surface area contributed by atoms with Gasteiger partial charge in [-0.25, -0.2) is 4.98 Å². The minimum absolute atomic E-state index is 0.0839. The molecular formula is C16H14BrN3O3. The summed E-state index contributed by atoms with van der Waals surface area (Å²) >= 11 is 3.36. The van der Waals surface area contributed by atoms with Crippen LogP contribution in [-0.4, -0.2) is 29.9 Å². The van der Waals surface area contributed by atoms with Gasteiger partial charge in [-0.05, 0) is 42.8 Å². The number of benzene rings is 1. The molecule has 0 aliphatic carbocycles. The van der Waals surface area contributed by atoms with Crippen LogP contribution in [0.15, 0.2) is 41.0 Å². The molecule has 0 fully saturated rings. The Balaban J connectivity index is 1.77. The van der Waals surface area contributed by atoms with Crippen molar-refractivity contribution in [3.05, 3.63) is 46.6 Å². The van der Waals surface area contributed by atoms with Gasteiger partial charge >= 0.3 is 0 Å². The van der Waals surface area contributed by atoms with Crippen LogP contribution in [0.2, 0.25) is 0 Å². The van der Waals surface area contributed by atoms with Crippen molar-refractivity contribution in [2.45, 2.75) is 6.92 Å². The number of nitrogens with one attached hydrogen (secondary N) is 1. The lowest BCUT2D eigenvalue weighted by Crippen LogP contribution is -2.43. The number of carbonyl (C=O) groups excluding carboxylic acids is 2. The van der Waals surface area contributed by atoms with E-state index in [1.54, 1.807) is 30.5 Å². The number of ether oxygens (including phenoxy) is 1. The summed E-state index contributed by atoms with van der Waals surface area (Å²) in [5.41, 5.74) is 1.57. The lowest BCUT2D eigenvalue weighted by Gasteiger charge is -2.28. The van der Waals surface area contributed by atoms with Crippen molar-refractivity contribution in [3.8, 4) is 5.75 Å². The number of aromatic nitrogens is 1. The summed E-state index contributed by atoms with van der Waals surface area (Å²) < 4.78 is 6.24. The number of fused-ring (bicyclic) bond motifs is 1. The molecule has 1 aromatic heterocycles. The zero-order valence-electron chi connectivity index (χ0n) is 12.4. The highest BCUT2D eigenvalue weighted by atomic mass is 79.9. The summed E-state index contributed by atoms with van der Waals surface area (Å²) in [5.74, 6) is 0.464. The topological polar surface area (TPSA) is 71.5 Å². The second-order valence-electron chi connectivity index (χ2n) is 5.15. The van der Waals surface area contributed by atoms with Crippen LogP contribution in [0.5, 0.6) is 5.75 Å². The Hall–Kier alpha value is -2.41. The van der Waals surface area contributed by atoms with Crippen LogP contribution in [0.25, 0.3) is 0 Å². The van der Waals surface area contributed by atoms with E-state index in [9.17, 15) is 9.59 Å². The highest BCUT2D eigenvalue weighted by molar-refractivity contribution is 9.10. The van der Waals surface area contributed by atoms with Crippen LogP contribution >= 0.6 is 15.9 Å². The SMILES string of the molecule is Cc1ccnc(NC(=O)CN2C(=O)COc3cc(Br)ccc32)c1. The molecule has 0 spiro atoms. The average molecular weight is 376 g/mol. The fourth-order valence-corrected chi connectivity index (χ4v) is 2.62. The molecule has 23 heavy (non-hydrogen) atoms. The van der Waals surface area contributed by atoms with Gasteiger partial charge < -0.3 is 10.1 Å². The van der Waals surface area contributed by atoms with Gasteiger partial charge in [0.25, 0.3) is 5.91 Å². The van der Waals surface area contributed by atoms with E-state index in [4.69, 9.17) is 4.74 Å². The third-order valence-corrected chi connectivity index (χ3v) is 3.84. The molecule has 2 heterocycles. The molecule has 0 unspecified atom stereocenters. The van der Waals surface area contributed by atoms with Gasteiger partial charge in [0, 0.05) is 10.7 Å². The maximum Gasteiger partial charge on any atom is 0.265 e. The molecule has 7 heteroatoms. The van der Waals surface area contributed by atoms with Crippen molar-refractivity contribution in [1.29, 1.82) is 0 Å². The first-order valence-electron chi connectivity index (χ1n) is 6.98.